The molecule has 1 fully saturated rings. The Hall–Kier alpha value is -2.46. The van der Waals surface area contributed by atoms with Gasteiger partial charge < -0.3 is 10.1 Å². The van der Waals surface area contributed by atoms with E-state index in [1.807, 2.05) is 26.0 Å². The van der Waals surface area contributed by atoms with E-state index < -0.39 is 17.9 Å². The van der Waals surface area contributed by atoms with E-state index in [0.29, 0.717) is 17.6 Å². The van der Waals surface area contributed by atoms with Crippen LogP contribution in [0.25, 0.3) is 5.57 Å². The van der Waals surface area contributed by atoms with E-state index in [0.717, 1.165) is 22.3 Å². The molecule has 1 heterocycles. The Balaban J connectivity index is 0.000000168. The second-order valence-electron chi connectivity index (χ2n) is 14.9. The van der Waals surface area contributed by atoms with Crippen molar-refractivity contribution < 1.29 is 23.0 Å². The number of nitrogens with zero attached hydrogens (tertiary/aromatic N) is 2. The third-order valence-electron chi connectivity index (χ3n) is 10.5. The van der Waals surface area contributed by atoms with Crippen molar-refractivity contribution >= 4 is 47.5 Å². The molecule has 3 aromatic carbocycles. The van der Waals surface area contributed by atoms with E-state index in [9.17, 15) is 5.11 Å². The Morgan fingerprint density at radius 3 is 2.12 bits per heavy atom. The number of hydrogen-bond acceptors (Lipinski definition) is 2. The van der Waals surface area contributed by atoms with Crippen molar-refractivity contribution in [3.8, 4) is 0 Å². The topological polar surface area (TPSA) is 46.7 Å². The molecule has 0 aliphatic heterocycles. The normalized spacial score (nSPS) is 18.2. The second kappa shape index (κ2) is 18.0. The number of benzene rings is 3. The molecular weight excluding hydrogens is 840 g/mol. The fourth-order valence-electron chi connectivity index (χ4n) is 7.63. The number of allylic oxidation sites excluding steroid dienone is 3. The van der Waals surface area contributed by atoms with Crippen molar-refractivity contribution in [2.45, 2.75) is 105 Å². The summed E-state index contributed by atoms with van der Waals surface area (Å²) in [5.74, 6) is 1.52. The average molecular weight is 894 g/mol. The molecule has 0 radical (unpaired) electrons. The maximum absolute atomic E-state index is 11.0. The van der Waals surface area contributed by atoms with Gasteiger partial charge in [0.15, 0.2) is 0 Å². The van der Waals surface area contributed by atoms with E-state index in [2.05, 4.69) is 137 Å². The molecule has 0 unspecified atom stereocenters. The Labute approximate surface area is 331 Å². The van der Waals surface area contributed by atoms with Crippen LogP contribution in [-0.4, -0.2) is 9.51 Å². The third-order valence-corrected chi connectivity index (χ3v) is 14.4. The van der Waals surface area contributed by atoms with E-state index >= 15 is 0 Å². The fraction of sp³-hybridized carbons (Fsp3) is 0.400. The zero-order valence-corrected chi connectivity index (χ0v) is 36.5. The first-order valence-corrected chi connectivity index (χ1v) is 22.0. The third kappa shape index (κ3) is 9.95. The van der Waals surface area contributed by atoms with Crippen LogP contribution in [-0.2, 0) is 36.2 Å². The van der Waals surface area contributed by atoms with E-state index in [4.69, 9.17) is 3.50 Å². The van der Waals surface area contributed by atoms with E-state index in [1.54, 1.807) is 0 Å². The molecule has 51 heavy (non-hydrogen) atoms. The van der Waals surface area contributed by atoms with Crippen LogP contribution >= 0.6 is 31.9 Å². The number of aromatic nitrogens is 1. The molecule has 2 atom stereocenters. The predicted molar refractivity (Wildman–Crippen MR) is 220 cm³/mol. The van der Waals surface area contributed by atoms with Crippen molar-refractivity contribution in [2.75, 3.05) is 0 Å². The van der Waals surface area contributed by atoms with Crippen LogP contribution in [0.1, 0.15) is 103 Å². The molecule has 3 aliphatic carbocycles. The van der Waals surface area contributed by atoms with Crippen LogP contribution in [0.5, 0.6) is 0 Å². The monoisotopic (exact) mass is 893 g/mol. The first kappa shape index (κ1) is 39.7. The van der Waals surface area contributed by atoms with Gasteiger partial charge in [-0.05, 0) is 102 Å². The maximum atomic E-state index is 11.0. The SMILES string of the molecule is Cc1c(Br)cc2c(c1C1=C(O)C(Br)=C[C@H]3CCCC[C@@H]13)CCCC2.Cc1ccc(C)[n-]1.Cc1cccc(C)c1[N]=[Mo]=[CH]C(C)(C)c1ccccc1. The molecule has 7 rings (SSSR count). The van der Waals surface area contributed by atoms with Crippen LogP contribution in [0.15, 0.2) is 91.0 Å². The summed E-state index contributed by atoms with van der Waals surface area (Å²) in [7, 11) is 0. The summed E-state index contributed by atoms with van der Waals surface area (Å²) < 4.78 is 9.39. The van der Waals surface area contributed by atoms with Gasteiger partial charge in [-0.1, -0.05) is 60.8 Å². The van der Waals surface area contributed by atoms with Crippen molar-refractivity contribution in [1.29, 1.82) is 0 Å². The summed E-state index contributed by atoms with van der Waals surface area (Å²) in [6.07, 6.45) is 12.1. The number of fused-ring (bicyclic) bond motifs is 2. The zero-order chi connectivity index (χ0) is 36.7. The summed E-state index contributed by atoms with van der Waals surface area (Å²) in [5.41, 5.74) is 14.3. The Kier molecular flexibility index (Phi) is 14.1. The van der Waals surface area contributed by atoms with Gasteiger partial charge in [-0.15, -0.1) is 0 Å². The quantitative estimate of drug-likeness (QED) is 0.208. The molecule has 3 aliphatic rings. The van der Waals surface area contributed by atoms with E-state index in [1.165, 1.54) is 99.6 Å². The molecule has 0 amide bonds. The summed E-state index contributed by atoms with van der Waals surface area (Å²) in [6.45, 7) is 15.0. The Bertz CT molecular complexity index is 1930. The molecule has 6 heteroatoms. The van der Waals surface area contributed by atoms with Gasteiger partial charge in [0.25, 0.3) is 0 Å². The first-order chi connectivity index (χ1) is 24.4. The van der Waals surface area contributed by atoms with Crippen LogP contribution in [0, 0.1) is 46.5 Å². The van der Waals surface area contributed by atoms with Crippen LogP contribution in [0.2, 0.25) is 0 Å². The molecule has 0 bridgehead atoms. The number of aryl methyl sites for hydroxylation is 5. The van der Waals surface area contributed by atoms with Gasteiger partial charge in [0, 0.05) is 10.0 Å². The average Bonchev–Trinajstić information content (AvgIpc) is 3.50. The molecule has 0 spiro atoms. The van der Waals surface area contributed by atoms with Crippen LogP contribution < -0.4 is 4.98 Å². The number of hydrogen-bond donors (Lipinski definition) is 1. The predicted octanol–water partition coefficient (Wildman–Crippen LogP) is 13.2. The van der Waals surface area contributed by atoms with Crippen molar-refractivity contribution in [1.82, 2.24) is 4.98 Å². The van der Waals surface area contributed by atoms with E-state index in [-0.39, 0.29) is 5.41 Å². The summed E-state index contributed by atoms with van der Waals surface area (Å²) in [6, 6.07) is 23.4. The zero-order valence-electron chi connectivity index (χ0n) is 31.3. The number of rotatable bonds is 4. The van der Waals surface area contributed by atoms with Crippen molar-refractivity contribution in [2.24, 2.45) is 15.3 Å². The summed E-state index contributed by atoms with van der Waals surface area (Å²) in [5, 5.41) is 11.0. The molecule has 270 valence electrons. The van der Waals surface area contributed by atoms with Gasteiger partial charge in [0.05, 0.1) is 4.48 Å². The standard InChI is InChI=1S/C21H24Br2O.C10H12.C8H9N.C6H8N.Mo/c1-12-17(22)10-13-6-2-4-8-15(13)19(12)20-16-9-5-3-7-14(16)11-18(23)21(20)24;1-10(2,3)9-7-5-4-6-8-9;1-6-4-3-5-7(2)8(6)9;1-5-3-4-6(2)7-5;/h10-11,14,16,24H,2-9H2,1H3;1,4-8H,2-3H3;3-5H,1-2H3;3-4H,1-2H3;/q;;;-1;/t14-,16-;;;;/m1..../s1. The number of aliphatic hydroxyl groups is 1. The number of halogens is 2. The number of aliphatic hydroxyl groups excluding tert-OH is 1. The van der Waals surface area contributed by atoms with Gasteiger partial charge in [-0.2, -0.15) is 11.4 Å². The van der Waals surface area contributed by atoms with Gasteiger partial charge in [0.2, 0.25) is 0 Å². The van der Waals surface area contributed by atoms with Crippen LogP contribution in [0.3, 0.4) is 0 Å². The molecule has 1 saturated carbocycles. The molecule has 0 saturated heterocycles. The van der Waals surface area contributed by atoms with Crippen LogP contribution in [0.4, 0.5) is 5.69 Å². The fourth-order valence-corrected chi connectivity index (χ4v) is 10.7. The molecule has 1 N–H and O–H groups in total. The van der Waals surface area contributed by atoms with Gasteiger partial charge in [-0.25, -0.2) is 0 Å². The van der Waals surface area contributed by atoms with Gasteiger partial charge >= 0.3 is 130 Å². The Morgan fingerprint density at radius 1 is 0.824 bits per heavy atom. The van der Waals surface area contributed by atoms with Gasteiger partial charge in [0.1, 0.15) is 5.76 Å². The van der Waals surface area contributed by atoms with Gasteiger partial charge in [-0.3, -0.25) is 0 Å². The minimum atomic E-state index is -0.493. The first-order valence-electron chi connectivity index (χ1n) is 18.4. The molecular formula is C45H53Br2MoN2O-. The molecule has 1 aromatic heterocycles. The second-order valence-corrected chi connectivity index (χ2v) is 18.2. The van der Waals surface area contributed by atoms with Crippen molar-refractivity contribution in [3.05, 3.63) is 138 Å². The molecule has 4 aromatic rings. The molecule has 3 nitrogen and oxygen atoms in total. The summed E-state index contributed by atoms with van der Waals surface area (Å²) >= 11 is 6.93. The van der Waals surface area contributed by atoms with Crippen molar-refractivity contribution in [3.63, 3.8) is 0 Å². The Morgan fingerprint density at radius 2 is 1.47 bits per heavy atom. The minimum absolute atomic E-state index is 0.101. The summed E-state index contributed by atoms with van der Waals surface area (Å²) in [4.78, 5) is 4.11.